The van der Waals surface area contributed by atoms with Gasteiger partial charge in [-0.15, -0.1) is 0 Å². The smallest absolute Gasteiger partial charge is 0.329 e. The van der Waals surface area contributed by atoms with Gasteiger partial charge < -0.3 is 14.8 Å². The van der Waals surface area contributed by atoms with Crippen LogP contribution in [0, 0.1) is 0 Å². The lowest BCUT2D eigenvalue weighted by Crippen LogP contribution is -2.32. The number of carbonyl (C=O) groups excluding carboxylic acids is 2. The maximum atomic E-state index is 11.9. The van der Waals surface area contributed by atoms with Crippen molar-refractivity contribution in [1.29, 1.82) is 0 Å². The fraction of sp³-hybridized carbons (Fsp3) is 0.250. The molecule has 0 saturated heterocycles. The van der Waals surface area contributed by atoms with Gasteiger partial charge in [-0.3, -0.25) is 9.59 Å². The number of amides is 2. The van der Waals surface area contributed by atoms with Crippen molar-refractivity contribution in [3.05, 3.63) is 54.1 Å². The zero-order valence-corrected chi connectivity index (χ0v) is 15.4. The summed E-state index contributed by atoms with van der Waals surface area (Å²) in [6, 6.07) is 14.0. The van der Waals surface area contributed by atoms with E-state index in [1.54, 1.807) is 36.4 Å². The number of ether oxygens (including phenoxy) is 2. The molecule has 142 valence electrons. The number of carbonyl (C=O) groups is 2. The highest BCUT2D eigenvalue weighted by Gasteiger charge is 2.12. The summed E-state index contributed by atoms with van der Waals surface area (Å²) in [5.41, 5.74) is 3.43. The molecule has 0 unspecified atom stereocenters. The molecule has 0 radical (unpaired) electrons. The second kappa shape index (κ2) is 10.6. The molecule has 0 atom stereocenters. The van der Waals surface area contributed by atoms with Crippen molar-refractivity contribution in [3.8, 4) is 11.5 Å². The highest BCUT2D eigenvalue weighted by Crippen LogP contribution is 2.15. The lowest BCUT2D eigenvalue weighted by atomic mass is 10.2. The molecule has 0 heterocycles. The number of hydrazone groups is 1. The molecule has 7 nitrogen and oxygen atoms in total. The van der Waals surface area contributed by atoms with E-state index in [1.165, 1.54) is 6.21 Å². The summed E-state index contributed by atoms with van der Waals surface area (Å²) >= 11 is 0. The largest absolute Gasteiger partial charge is 0.494 e. The molecule has 0 spiro atoms. The summed E-state index contributed by atoms with van der Waals surface area (Å²) in [7, 11) is 0. The van der Waals surface area contributed by atoms with Crippen LogP contribution in [0.3, 0.4) is 0 Å². The molecule has 2 amide bonds. The minimum Gasteiger partial charge on any atom is -0.494 e. The third-order valence-corrected chi connectivity index (χ3v) is 3.34. The summed E-state index contributed by atoms with van der Waals surface area (Å²) < 4.78 is 10.8. The molecule has 2 rings (SSSR count). The summed E-state index contributed by atoms with van der Waals surface area (Å²) in [5, 5.41) is 6.29. The quantitative estimate of drug-likeness (QED) is 0.425. The SMILES string of the molecule is CCCOc1ccc(NC(=O)C(=O)N/N=C\c2cccc(OCC)c2)cc1. The minimum atomic E-state index is -0.862. The summed E-state index contributed by atoms with van der Waals surface area (Å²) in [4.78, 5) is 23.7. The Hall–Kier alpha value is -3.35. The molecular weight excluding hydrogens is 346 g/mol. The number of hydrogen-bond donors (Lipinski definition) is 2. The van der Waals surface area contributed by atoms with E-state index in [-0.39, 0.29) is 0 Å². The summed E-state index contributed by atoms with van der Waals surface area (Å²) in [6.07, 6.45) is 2.35. The van der Waals surface area contributed by atoms with Gasteiger partial charge in [-0.05, 0) is 55.3 Å². The second-order valence-corrected chi connectivity index (χ2v) is 5.53. The Morgan fingerprint density at radius 1 is 1.00 bits per heavy atom. The lowest BCUT2D eigenvalue weighted by molar-refractivity contribution is -0.136. The van der Waals surface area contributed by atoms with Gasteiger partial charge in [0.25, 0.3) is 0 Å². The second-order valence-electron chi connectivity index (χ2n) is 5.53. The Balaban J connectivity index is 1.84. The Labute approximate surface area is 158 Å². The van der Waals surface area contributed by atoms with Gasteiger partial charge in [-0.1, -0.05) is 19.1 Å². The summed E-state index contributed by atoms with van der Waals surface area (Å²) in [5.74, 6) is -0.258. The van der Waals surface area contributed by atoms with E-state index in [0.29, 0.717) is 30.4 Å². The van der Waals surface area contributed by atoms with Crippen molar-refractivity contribution in [1.82, 2.24) is 5.43 Å². The van der Waals surface area contributed by atoms with Gasteiger partial charge in [0, 0.05) is 5.69 Å². The average Bonchev–Trinajstić information content (AvgIpc) is 2.68. The van der Waals surface area contributed by atoms with Crippen LogP contribution >= 0.6 is 0 Å². The fourth-order valence-electron chi connectivity index (χ4n) is 2.11. The Kier molecular flexibility index (Phi) is 7.84. The van der Waals surface area contributed by atoms with Crippen LogP contribution in [0.4, 0.5) is 5.69 Å². The monoisotopic (exact) mass is 369 g/mol. The van der Waals surface area contributed by atoms with E-state index < -0.39 is 11.8 Å². The molecule has 2 aromatic carbocycles. The number of nitrogens with zero attached hydrogens (tertiary/aromatic N) is 1. The maximum absolute atomic E-state index is 11.9. The van der Waals surface area contributed by atoms with Crippen molar-refractivity contribution < 1.29 is 19.1 Å². The zero-order chi connectivity index (χ0) is 19.5. The van der Waals surface area contributed by atoms with Gasteiger partial charge in [-0.25, -0.2) is 5.43 Å². The first kappa shape index (κ1) is 20.0. The number of anilines is 1. The standard InChI is InChI=1S/C20H23N3O4/c1-3-12-27-17-10-8-16(9-11-17)22-19(24)20(25)23-21-14-15-6-5-7-18(13-15)26-4-2/h5-11,13-14H,3-4,12H2,1-2H3,(H,22,24)(H,23,25)/b21-14-. The van der Waals surface area contributed by atoms with Crippen molar-refractivity contribution in [2.24, 2.45) is 5.10 Å². The van der Waals surface area contributed by atoms with Crippen LogP contribution in [-0.4, -0.2) is 31.2 Å². The van der Waals surface area contributed by atoms with E-state index in [1.807, 2.05) is 26.0 Å². The third-order valence-electron chi connectivity index (χ3n) is 3.34. The van der Waals surface area contributed by atoms with Gasteiger partial charge in [0.2, 0.25) is 0 Å². The predicted molar refractivity (Wildman–Crippen MR) is 104 cm³/mol. The van der Waals surface area contributed by atoms with E-state index in [2.05, 4.69) is 15.8 Å². The van der Waals surface area contributed by atoms with Crippen LogP contribution in [0.25, 0.3) is 0 Å². The van der Waals surface area contributed by atoms with Crippen LogP contribution in [0.1, 0.15) is 25.8 Å². The van der Waals surface area contributed by atoms with Gasteiger partial charge in [-0.2, -0.15) is 5.10 Å². The molecule has 0 aliphatic rings. The molecule has 2 aromatic rings. The molecule has 0 aliphatic heterocycles. The fourth-order valence-corrected chi connectivity index (χ4v) is 2.11. The minimum absolute atomic E-state index is 0.493. The normalized spacial score (nSPS) is 10.4. The van der Waals surface area contributed by atoms with E-state index in [4.69, 9.17) is 9.47 Å². The van der Waals surface area contributed by atoms with Crippen molar-refractivity contribution in [3.63, 3.8) is 0 Å². The first-order valence-electron chi connectivity index (χ1n) is 8.72. The van der Waals surface area contributed by atoms with Crippen LogP contribution in [-0.2, 0) is 9.59 Å². The van der Waals surface area contributed by atoms with Crippen LogP contribution in [0.15, 0.2) is 53.6 Å². The Morgan fingerprint density at radius 2 is 1.78 bits per heavy atom. The molecule has 2 N–H and O–H groups in total. The molecule has 0 bridgehead atoms. The van der Waals surface area contributed by atoms with Crippen LogP contribution in [0.2, 0.25) is 0 Å². The van der Waals surface area contributed by atoms with E-state index in [0.717, 1.165) is 12.0 Å². The molecule has 0 fully saturated rings. The van der Waals surface area contributed by atoms with Gasteiger partial charge in [0.05, 0.1) is 19.4 Å². The molecule has 27 heavy (non-hydrogen) atoms. The van der Waals surface area contributed by atoms with Gasteiger partial charge in [0.1, 0.15) is 11.5 Å². The zero-order valence-electron chi connectivity index (χ0n) is 15.4. The van der Waals surface area contributed by atoms with Crippen LogP contribution < -0.4 is 20.2 Å². The van der Waals surface area contributed by atoms with Crippen molar-refractivity contribution >= 4 is 23.7 Å². The predicted octanol–water partition coefficient (Wildman–Crippen LogP) is 2.96. The molecule has 0 saturated carbocycles. The van der Waals surface area contributed by atoms with Gasteiger partial charge in [0.15, 0.2) is 0 Å². The Bertz CT molecular complexity index is 788. The summed E-state index contributed by atoms with van der Waals surface area (Å²) in [6.45, 7) is 5.10. The molecular formula is C20H23N3O4. The number of benzene rings is 2. The van der Waals surface area contributed by atoms with Crippen molar-refractivity contribution in [2.45, 2.75) is 20.3 Å². The van der Waals surface area contributed by atoms with E-state index in [9.17, 15) is 9.59 Å². The lowest BCUT2D eigenvalue weighted by Gasteiger charge is -2.07. The third kappa shape index (κ3) is 6.81. The van der Waals surface area contributed by atoms with E-state index >= 15 is 0 Å². The number of rotatable bonds is 8. The molecule has 0 aromatic heterocycles. The molecule has 0 aliphatic carbocycles. The highest BCUT2D eigenvalue weighted by molar-refractivity contribution is 6.39. The Morgan fingerprint density at radius 3 is 2.48 bits per heavy atom. The maximum Gasteiger partial charge on any atom is 0.329 e. The highest BCUT2D eigenvalue weighted by atomic mass is 16.5. The topological polar surface area (TPSA) is 89.0 Å². The van der Waals surface area contributed by atoms with Crippen molar-refractivity contribution in [2.75, 3.05) is 18.5 Å². The average molecular weight is 369 g/mol. The molecule has 7 heteroatoms. The number of hydrogen-bond acceptors (Lipinski definition) is 5. The van der Waals surface area contributed by atoms with Gasteiger partial charge >= 0.3 is 11.8 Å². The first-order chi connectivity index (χ1) is 13.1. The number of nitrogens with one attached hydrogen (secondary N) is 2. The first-order valence-corrected chi connectivity index (χ1v) is 8.72. The van der Waals surface area contributed by atoms with Crippen LogP contribution in [0.5, 0.6) is 11.5 Å².